The molecule has 0 spiro atoms. The minimum absolute atomic E-state index is 0.0544. The summed E-state index contributed by atoms with van der Waals surface area (Å²) in [5.74, 6) is 0.533. The van der Waals surface area contributed by atoms with Gasteiger partial charge in [-0.3, -0.25) is 4.79 Å². The second kappa shape index (κ2) is 4.63. The lowest BCUT2D eigenvalue weighted by molar-refractivity contribution is 0.0808. The number of hydrogen-bond acceptors (Lipinski definition) is 2. The zero-order valence-electron chi connectivity index (χ0n) is 7.71. The normalized spacial score (nSPS) is 10.1. The van der Waals surface area contributed by atoms with Crippen LogP contribution in [0.1, 0.15) is 14.5 Å². The molecule has 1 rings (SSSR count). The van der Waals surface area contributed by atoms with Gasteiger partial charge in [0.2, 0.25) is 0 Å². The number of nitrogens with zero attached hydrogens (tertiary/aromatic N) is 1. The Bertz CT molecular complexity index is 298. The molecule has 0 saturated carbocycles. The minimum atomic E-state index is 0.0544. The van der Waals surface area contributed by atoms with E-state index in [9.17, 15) is 4.79 Å². The second-order valence-corrected chi connectivity index (χ2v) is 4.49. The van der Waals surface area contributed by atoms with Gasteiger partial charge in [0.05, 0.1) is 4.88 Å². The number of thiophene rings is 1. The maximum atomic E-state index is 11.6. The Hall–Kier alpha value is -0.540. The maximum absolute atomic E-state index is 11.6. The molecule has 0 unspecified atom stereocenters. The van der Waals surface area contributed by atoms with Crippen LogP contribution in [0.4, 0.5) is 0 Å². The molecule has 1 amide bonds. The summed E-state index contributed by atoms with van der Waals surface area (Å²) in [6.07, 6.45) is 0. The quantitative estimate of drug-likeness (QED) is 0.712. The van der Waals surface area contributed by atoms with E-state index in [4.69, 9.17) is 11.6 Å². The number of carbonyl (C=O) groups is 1. The van der Waals surface area contributed by atoms with Crippen LogP contribution in [-0.2, 0) is 0 Å². The molecule has 0 fully saturated rings. The summed E-state index contributed by atoms with van der Waals surface area (Å²) in [6, 6.07) is 3.81. The number of rotatable bonds is 3. The first-order chi connectivity index (χ1) is 6.15. The smallest absolute Gasteiger partial charge is 0.263 e. The SMILES string of the molecule is Cc1ccc(C(=O)N(C)CCCl)s1. The third-order valence-electron chi connectivity index (χ3n) is 1.72. The van der Waals surface area contributed by atoms with Crippen LogP contribution in [0.25, 0.3) is 0 Å². The summed E-state index contributed by atoms with van der Waals surface area (Å²) < 4.78 is 0. The number of alkyl halides is 1. The molecule has 1 aromatic heterocycles. The summed E-state index contributed by atoms with van der Waals surface area (Å²) in [7, 11) is 1.76. The third-order valence-corrected chi connectivity index (χ3v) is 2.88. The van der Waals surface area contributed by atoms with E-state index in [1.807, 2.05) is 19.1 Å². The fourth-order valence-electron chi connectivity index (χ4n) is 0.966. The molecule has 0 aliphatic rings. The van der Waals surface area contributed by atoms with Crippen molar-refractivity contribution in [3.05, 3.63) is 21.9 Å². The summed E-state index contributed by atoms with van der Waals surface area (Å²) in [6.45, 7) is 2.58. The van der Waals surface area contributed by atoms with Crippen molar-refractivity contribution < 1.29 is 4.79 Å². The Morgan fingerprint density at radius 3 is 2.77 bits per heavy atom. The second-order valence-electron chi connectivity index (χ2n) is 2.83. The average Bonchev–Trinajstić information content (AvgIpc) is 2.51. The van der Waals surface area contributed by atoms with E-state index in [-0.39, 0.29) is 5.91 Å². The Labute approximate surface area is 87.1 Å². The Kier molecular flexibility index (Phi) is 3.75. The van der Waals surface area contributed by atoms with Gasteiger partial charge in [-0.2, -0.15) is 0 Å². The molecular formula is C9H12ClNOS. The molecule has 1 aromatic rings. The highest BCUT2D eigenvalue weighted by molar-refractivity contribution is 7.13. The summed E-state index contributed by atoms with van der Waals surface area (Å²) in [5, 5.41) is 0. The van der Waals surface area contributed by atoms with Gasteiger partial charge < -0.3 is 4.90 Å². The first-order valence-electron chi connectivity index (χ1n) is 4.03. The first kappa shape index (κ1) is 10.5. The lowest BCUT2D eigenvalue weighted by Gasteiger charge is -2.13. The number of halogens is 1. The molecule has 4 heteroatoms. The maximum Gasteiger partial charge on any atom is 0.263 e. The van der Waals surface area contributed by atoms with E-state index >= 15 is 0 Å². The molecule has 0 bridgehead atoms. The monoisotopic (exact) mass is 217 g/mol. The lowest BCUT2D eigenvalue weighted by atomic mass is 10.4. The Morgan fingerprint density at radius 1 is 1.62 bits per heavy atom. The molecular weight excluding hydrogens is 206 g/mol. The molecule has 0 aliphatic heterocycles. The molecule has 0 aliphatic carbocycles. The van der Waals surface area contributed by atoms with Crippen molar-refractivity contribution in [2.24, 2.45) is 0 Å². The van der Waals surface area contributed by atoms with E-state index in [1.54, 1.807) is 11.9 Å². The standard InChI is InChI=1S/C9H12ClNOS/c1-7-3-4-8(13-7)9(12)11(2)6-5-10/h3-4H,5-6H2,1-2H3. The van der Waals surface area contributed by atoms with Crippen LogP contribution in [0.15, 0.2) is 12.1 Å². The number of carbonyl (C=O) groups excluding carboxylic acids is 1. The van der Waals surface area contributed by atoms with Crippen LogP contribution in [0.5, 0.6) is 0 Å². The Balaban J connectivity index is 2.67. The van der Waals surface area contributed by atoms with Crippen LogP contribution in [0.3, 0.4) is 0 Å². The largest absolute Gasteiger partial charge is 0.340 e. The van der Waals surface area contributed by atoms with Crippen molar-refractivity contribution >= 4 is 28.8 Å². The van der Waals surface area contributed by atoms with Gasteiger partial charge in [-0.1, -0.05) is 0 Å². The molecule has 0 saturated heterocycles. The fourth-order valence-corrected chi connectivity index (χ4v) is 2.08. The van der Waals surface area contributed by atoms with Gasteiger partial charge >= 0.3 is 0 Å². The van der Waals surface area contributed by atoms with Crippen molar-refractivity contribution in [1.82, 2.24) is 4.90 Å². The molecule has 0 aromatic carbocycles. The van der Waals surface area contributed by atoms with E-state index in [0.717, 1.165) is 9.75 Å². The average molecular weight is 218 g/mol. The highest BCUT2D eigenvalue weighted by atomic mass is 35.5. The van der Waals surface area contributed by atoms with Crippen LogP contribution >= 0.6 is 22.9 Å². The van der Waals surface area contributed by atoms with Crippen LogP contribution < -0.4 is 0 Å². The predicted molar refractivity (Wildman–Crippen MR) is 56.7 cm³/mol. The van der Waals surface area contributed by atoms with Crippen molar-refractivity contribution in [2.45, 2.75) is 6.92 Å². The molecule has 0 N–H and O–H groups in total. The van der Waals surface area contributed by atoms with E-state index in [1.165, 1.54) is 11.3 Å². The van der Waals surface area contributed by atoms with Crippen molar-refractivity contribution in [1.29, 1.82) is 0 Å². The molecule has 0 atom stereocenters. The van der Waals surface area contributed by atoms with E-state index in [0.29, 0.717) is 12.4 Å². The van der Waals surface area contributed by atoms with Gasteiger partial charge in [0, 0.05) is 24.3 Å². The number of hydrogen-bond donors (Lipinski definition) is 0. The van der Waals surface area contributed by atoms with Gasteiger partial charge in [-0.25, -0.2) is 0 Å². The topological polar surface area (TPSA) is 20.3 Å². The predicted octanol–water partition coefficient (Wildman–Crippen LogP) is 2.37. The van der Waals surface area contributed by atoms with E-state index in [2.05, 4.69) is 0 Å². The van der Waals surface area contributed by atoms with Crippen molar-refractivity contribution in [3.63, 3.8) is 0 Å². The summed E-state index contributed by atoms with van der Waals surface area (Å²) in [5.41, 5.74) is 0. The summed E-state index contributed by atoms with van der Waals surface area (Å²) in [4.78, 5) is 15.2. The number of aryl methyl sites for hydroxylation is 1. The third kappa shape index (κ3) is 2.71. The van der Waals surface area contributed by atoms with Crippen LogP contribution in [0.2, 0.25) is 0 Å². The lowest BCUT2D eigenvalue weighted by Crippen LogP contribution is -2.27. The Morgan fingerprint density at radius 2 is 2.31 bits per heavy atom. The summed E-state index contributed by atoms with van der Waals surface area (Å²) >= 11 is 7.06. The van der Waals surface area contributed by atoms with Crippen molar-refractivity contribution in [3.8, 4) is 0 Å². The fraction of sp³-hybridized carbons (Fsp3) is 0.444. The van der Waals surface area contributed by atoms with Crippen LogP contribution in [-0.4, -0.2) is 30.3 Å². The highest BCUT2D eigenvalue weighted by Crippen LogP contribution is 2.16. The number of amides is 1. The minimum Gasteiger partial charge on any atom is -0.340 e. The first-order valence-corrected chi connectivity index (χ1v) is 5.38. The van der Waals surface area contributed by atoms with Gasteiger partial charge in [0.15, 0.2) is 0 Å². The van der Waals surface area contributed by atoms with Gasteiger partial charge in [0.1, 0.15) is 0 Å². The zero-order chi connectivity index (χ0) is 9.84. The van der Waals surface area contributed by atoms with Gasteiger partial charge in [-0.15, -0.1) is 22.9 Å². The molecule has 0 radical (unpaired) electrons. The molecule has 1 heterocycles. The zero-order valence-corrected chi connectivity index (χ0v) is 9.28. The molecule has 2 nitrogen and oxygen atoms in total. The van der Waals surface area contributed by atoms with Crippen molar-refractivity contribution in [2.75, 3.05) is 19.5 Å². The highest BCUT2D eigenvalue weighted by Gasteiger charge is 2.12. The van der Waals surface area contributed by atoms with Crippen LogP contribution in [0, 0.1) is 6.92 Å². The van der Waals surface area contributed by atoms with Gasteiger partial charge in [-0.05, 0) is 19.1 Å². The molecule has 13 heavy (non-hydrogen) atoms. The molecule has 72 valence electrons. The van der Waals surface area contributed by atoms with E-state index < -0.39 is 0 Å². The van der Waals surface area contributed by atoms with Gasteiger partial charge in [0.25, 0.3) is 5.91 Å².